The first-order valence-electron chi connectivity index (χ1n) is 8.52. The molecule has 0 aliphatic rings. The summed E-state index contributed by atoms with van der Waals surface area (Å²) in [6.07, 6.45) is 3.67. The lowest BCUT2D eigenvalue weighted by atomic mass is 10.2. The largest absolute Gasteiger partial charge is 0.485 e. The molecule has 4 aromatic heterocycles. The molecule has 0 N–H and O–H groups in total. The molecular formula is C20H15N5O2. The Hall–Kier alpha value is -3.74. The Morgan fingerprint density at radius 2 is 2.00 bits per heavy atom. The number of hydrogen-bond acceptors (Lipinski definition) is 6. The minimum atomic E-state index is 0.286. The van der Waals surface area contributed by atoms with Crippen molar-refractivity contribution in [2.24, 2.45) is 0 Å². The standard InChI is InChI=1S/C20H15N5O2/c1-13-10-18(27-24-13)14-6-7-19-22-23-20(25(19)11-14)12-26-17-8-9-21-16-5-3-2-4-15(16)17/h2-11H,12H2,1H3. The van der Waals surface area contributed by atoms with Crippen molar-refractivity contribution in [3.05, 3.63) is 72.4 Å². The molecule has 4 heterocycles. The van der Waals surface area contributed by atoms with Gasteiger partial charge in [0.15, 0.2) is 17.2 Å². The van der Waals surface area contributed by atoms with E-state index in [1.165, 1.54) is 0 Å². The van der Waals surface area contributed by atoms with Crippen LogP contribution in [-0.2, 0) is 6.61 Å². The normalized spacial score (nSPS) is 11.3. The van der Waals surface area contributed by atoms with Crippen molar-refractivity contribution in [1.82, 2.24) is 24.7 Å². The van der Waals surface area contributed by atoms with E-state index < -0.39 is 0 Å². The molecule has 0 unspecified atom stereocenters. The number of aromatic nitrogens is 5. The van der Waals surface area contributed by atoms with Crippen molar-refractivity contribution < 1.29 is 9.26 Å². The van der Waals surface area contributed by atoms with Crippen LogP contribution in [0.2, 0.25) is 0 Å². The van der Waals surface area contributed by atoms with Crippen LogP contribution >= 0.6 is 0 Å². The molecule has 0 spiro atoms. The summed E-state index contributed by atoms with van der Waals surface area (Å²) in [6, 6.07) is 15.5. The van der Waals surface area contributed by atoms with Crippen LogP contribution in [0, 0.1) is 6.92 Å². The molecule has 132 valence electrons. The number of pyridine rings is 2. The smallest absolute Gasteiger partial charge is 0.175 e. The highest BCUT2D eigenvalue weighted by atomic mass is 16.5. The molecule has 0 fully saturated rings. The van der Waals surface area contributed by atoms with Gasteiger partial charge in [0.1, 0.15) is 12.4 Å². The Labute approximate surface area is 154 Å². The zero-order valence-corrected chi connectivity index (χ0v) is 14.5. The van der Waals surface area contributed by atoms with Crippen molar-refractivity contribution in [3.8, 4) is 17.1 Å². The molecule has 0 radical (unpaired) electrons. The fourth-order valence-corrected chi connectivity index (χ4v) is 3.02. The third-order valence-corrected chi connectivity index (χ3v) is 4.35. The number of hydrogen-bond donors (Lipinski definition) is 0. The van der Waals surface area contributed by atoms with E-state index in [4.69, 9.17) is 9.26 Å². The van der Waals surface area contributed by atoms with Crippen LogP contribution in [-0.4, -0.2) is 24.7 Å². The third-order valence-electron chi connectivity index (χ3n) is 4.35. The Morgan fingerprint density at radius 3 is 2.89 bits per heavy atom. The molecule has 0 saturated heterocycles. The van der Waals surface area contributed by atoms with E-state index in [0.29, 0.717) is 11.6 Å². The summed E-state index contributed by atoms with van der Waals surface area (Å²) in [7, 11) is 0. The second kappa shape index (κ2) is 6.21. The van der Waals surface area contributed by atoms with Crippen LogP contribution in [0.15, 0.2) is 65.4 Å². The number of ether oxygens (including phenoxy) is 1. The molecule has 5 aromatic rings. The maximum absolute atomic E-state index is 6.02. The number of nitrogens with zero attached hydrogens (tertiary/aromatic N) is 5. The van der Waals surface area contributed by atoms with Crippen LogP contribution in [0.3, 0.4) is 0 Å². The van der Waals surface area contributed by atoms with Gasteiger partial charge in [0.05, 0.1) is 11.2 Å². The number of para-hydroxylation sites is 1. The summed E-state index contributed by atoms with van der Waals surface area (Å²) in [5.74, 6) is 2.17. The van der Waals surface area contributed by atoms with Crippen molar-refractivity contribution in [2.75, 3.05) is 0 Å². The Morgan fingerprint density at radius 1 is 1.07 bits per heavy atom. The van der Waals surface area contributed by atoms with Crippen molar-refractivity contribution >= 4 is 16.6 Å². The van der Waals surface area contributed by atoms with Crippen molar-refractivity contribution in [3.63, 3.8) is 0 Å². The first-order valence-corrected chi connectivity index (χ1v) is 8.52. The fourth-order valence-electron chi connectivity index (χ4n) is 3.02. The van der Waals surface area contributed by atoms with E-state index in [1.54, 1.807) is 6.20 Å². The first kappa shape index (κ1) is 15.5. The molecule has 7 heteroatoms. The molecule has 1 aromatic carbocycles. The van der Waals surface area contributed by atoms with E-state index in [1.807, 2.05) is 66.1 Å². The molecule has 5 rings (SSSR count). The van der Waals surface area contributed by atoms with Gasteiger partial charge in [-0.2, -0.15) is 0 Å². The van der Waals surface area contributed by atoms with Gasteiger partial charge in [0.25, 0.3) is 0 Å². The number of benzene rings is 1. The molecule has 27 heavy (non-hydrogen) atoms. The fraction of sp³-hybridized carbons (Fsp3) is 0.100. The van der Waals surface area contributed by atoms with Gasteiger partial charge in [-0.05, 0) is 37.3 Å². The molecule has 0 saturated carbocycles. The molecular weight excluding hydrogens is 342 g/mol. The van der Waals surface area contributed by atoms with Gasteiger partial charge in [0, 0.05) is 29.4 Å². The minimum absolute atomic E-state index is 0.286. The summed E-state index contributed by atoms with van der Waals surface area (Å²) in [5.41, 5.74) is 3.37. The Bertz CT molecular complexity index is 1250. The number of fused-ring (bicyclic) bond motifs is 2. The van der Waals surface area contributed by atoms with E-state index in [9.17, 15) is 0 Å². The van der Waals surface area contributed by atoms with Gasteiger partial charge in [-0.1, -0.05) is 17.3 Å². The molecule has 7 nitrogen and oxygen atoms in total. The second-order valence-corrected chi connectivity index (χ2v) is 6.21. The molecule has 0 amide bonds. The highest BCUT2D eigenvalue weighted by Gasteiger charge is 2.11. The maximum Gasteiger partial charge on any atom is 0.175 e. The topological polar surface area (TPSA) is 78.3 Å². The summed E-state index contributed by atoms with van der Waals surface area (Å²) < 4.78 is 13.3. The lowest BCUT2D eigenvalue weighted by Gasteiger charge is -2.08. The van der Waals surface area contributed by atoms with Crippen LogP contribution in [0.5, 0.6) is 5.75 Å². The van der Waals surface area contributed by atoms with Crippen LogP contribution in [0.1, 0.15) is 11.5 Å². The average molecular weight is 357 g/mol. The predicted molar refractivity (Wildman–Crippen MR) is 99.3 cm³/mol. The third kappa shape index (κ3) is 2.79. The molecule has 0 atom stereocenters. The summed E-state index contributed by atoms with van der Waals surface area (Å²) in [6.45, 7) is 2.18. The molecule has 0 aliphatic heterocycles. The number of aryl methyl sites for hydroxylation is 1. The zero-order valence-electron chi connectivity index (χ0n) is 14.5. The summed E-state index contributed by atoms with van der Waals surface area (Å²) >= 11 is 0. The Balaban J connectivity index is 1.48. The van der Waals surface area contributed by atoms with Crippen molar-refractivity contribution in [1.29, 1.82) is 0 Å². The van der Waals surface area contributed by atoms with Crippen molar-refractivity contribution in [2.45, 2.75) is 13.5 Å². The molecule has 0 bridgehead atoms. The zero-order chi connectivity index (χ0) is 18.2. The minimum Gasteiger partial charge on any atom is -0.485 e. The van der Waals surface area contributed by atoms with E-state index in [0.717, 1.165) is 33.6 Å². The van der Waals surface area contributed by atoms with E-state index in [-0.39, 0.29) is 6.61 Å². The van der Waals surface area contributed by atoms with Gasteiger partial charge in [-0.15, -0.1) is 10.2 Å². The Kier molecular flexibility index (Phi) is 3.57. The van der Waals surface area contributed by atoms with Gasteiger partial charge < -0.3 is 9.26 Å². The molecule has 0 aliphatic carbocycles. The van der Waals surface area contributed by atoms with Gasteiger partial charge in [-0.3, -0.25) is 9.38 Å². The monoisotopic (exact) mass is 357 g/mol. The quantitative estimate of drug-likeness (QED) is 0.486. The van der Waals surface area contributed by atoms with Crippen LogP contribution in [0.25, 0.3) is 27.9 Å². The van der Waals surface area contributed by atoms with Gasteiger partial charge >= 0.3 is 0 Å². The number of rotatable bonds is 4. The SMILES string of the molecule is Cc1cc(-c2ccc3nnc(COc4ccnc5ccccc45)n3c2)on1. The van der Waals surface area contributed by atoms with Gasteiger partial charge in [-0.25, -0.2) is 0 Å². The lowest BCUT2D eigenvalue weighted by molar-refractivity contribution is 0.298. The van der Waals surface area contributed by atoms with E-state index in [2.05, 4.69) is 20.3 Å². The van der Waals surface area contributed by atoms with E-state index >= 15 is 0 Å². The second-order valence-electron chi connectivity index (χ2n) is 6.21. The highest BCUT2D eigenvalue weighted by molar-refractivity contribution is 5.84. The predicted octanol–water partition coefficient (Wildman–Crippen LogP) is 3.82. The lowest BCUT2D eigenvalue weighted by Crippen LogP contribution is -2.02. The van der Waals surface area contributed by atoms with Gasteiger partial charge in [0.2, 0.25) is 0 Å². The maximum atomic E-state index is 6.02. The summed E-state index contributed by atoms with van der Waals surface area (Å²) in [4.78, 5) is 4.35. The van der Waals surface area contributed by atoms with Crippen LogP contribution < -0.4 is 4.74 Å². The summed E-state index contributed by atoms with van der Waals surface area (Å²) in [5, 5.41) is 13.4. The highest BCUT2D eigenvalue weighted by Crippen LogP contribution is 2.25. The average Bonchev–Trinajstić information content (AvgIpc) is 3.32. The van der Waals surface area contributed by atoms with Crippen LogP contribution in [0.4, 0.5) is 0 Å². The first-order chi connectivity index (χ1) is 13.3.